The van der Waals surface area contributed by atoms with Gasteiger partial charge in [0.25, 0.3) is 24.4 Å². The number of allylic oxidation sites excluding steroid dienone is 1. The maximum Gasteiger partial charge on any atom is 0.311 e. The molecule has 1 radical (unpaired) electrons. The van der Waals surface area contributed by atoms with Crippen molar-refractivity contribution in [2.24, 2.45) is 22.1 Å². The number of carbonyl (C=O) groups is 4. The normalized spacial score (nSPS) is 18.6. The number of anilines is 2. The summed E-state index contributed by atoms with van der Waals surface area (Å²) in [6.07, 6.45) is 19.9. The number of benzene rings is 3. The van der Waals surface area contributed by atoms with E-state index in [9.17, 15) is 19.2 Å². The van der Waals surface area contributed by atoms with Crippen LogP contribution in [0.4, 0.5) is 20.2 Å². The Labute approximate surface area is 412 Å². The molecule has 2 fully saturated rings. The van der Waals surface area contributed by atoms with Crippen molar-refractivity contribution in [3.05, 3.63) is 149 Å². The van der Waals surface area contributed by atoms with Crippen LogP contribution in [-0.4, -0.2) is 94.7 Å². The van der Waals surface area contributed by atoms with Gasteiger partial charge >= 0.3 is 6.34 Å². The summed E-state index contributed by atoms with van der Waals surface area (Å²) in [4.78, 5) is 56.9. The summed E-state index contributed by atoms with van der Waals surface area (Å²) in [6, 6.07) is 21.5. The number of rotatable bonds is 20. The van der Waals surface area contributed by atoms with Crippen molar-refractivity contribution in [1.82, 2.24) is 14.7 Å². The Morgan fingerprint density at radius 3 is 2.31 bits per heavy atom. The molecular weight excluding hydrogens is 887 g/mol. The van der Waals surface area contributed by atoms with Crippen LogP contribution < -0.4 is 10.2 Å². The maximum absolute atomic E-state index is 15.2. The van der Waals surface area contributed by atoms with Gasteiger partial charge in [0, 0.05) is 57.2 Å². The SMILES string of the molecule is C=C1N2C=C(CN3CCC(CCc4ccc(CCCCNc5cccc6c5C(=O)N(C(C=O)CCC(C)=O)C6=O)cc4)CC3)C=C(C(C)(F)F)C2=CN1c1cccc(CC2CCC2)c1.C[N+]1=CN=N[CH]1.[HH]. The number of imide groups is 1. The Morgan fingerprint density at radius 2 is 1.67 bits per heavy atom. The summed E-state index contributed by atoms with van der Waals surface area (Å²) in [5, 5.41) is 10.4. The molecule has 14 heteroatoms. The number of Topliss-reactive ketones (excluding diaryl/α,β-unsaturated/α-hetero) is 1. The monoisotopic (exact) mass is 955 g/mol. The van der Waals surface area contributed by atoms with Crippen LogP contribution in [0.25, 0.3) is 0 Å². The first-order chi connectivity index (χ1) is 33.7. The predicted octanol–water partition coefficient (Wildman–Crippen LogP) is 10.7. The average molecular weight is 955 g/mol. The fourth-order valence-corrected chi connectivity index (χ4v) is 10.1. The molecule has 1 atom stereocenters. The zero-order chi connectivity index (χ0) is 49.4. The van der Waals surface area contributed by atoms with Crippen molar-refractivity contribution in [1.29, 1.82) is 0 Å². The summed E-state index contributed by atoms with van der Waals surface area (Å²) in [5.41, 5.74) is 7.37. The molecule has 1 saturated carbocycles. The second kappa shape index (κ2) is 22.6. The third-order valence-electron chi connectivity index (χ3n) is 14.3. The topological polar surface area (TPSA) is 121 Å². The predicted molar refractivity (Wildman–Crippen MR) is 271 cm³/mol. The number of unbranched alkanes of at least 4 members (excludes halogenated alkanes) is 1. The first-order valence-corrected chi connectivity index (χ1v) is 24.9. The number of aryl methyl sites for hydroxylation is 2. The smallest absolute Gasteiger partial charge is 0.311 e. The highest BCUT2D eigenvalue weighted by Gasteiger charge is 2.42. The van der Waals surface area contributed by atoms with Gasteiger partial charge in [0.2, 0.25) is 0 Å². The Bertz CT molecular complexity index is 2610. The van der Waals surface area contributed by atoms with Gasteiger partial charge < -0.3 is 24.7 Å². The summed E-state index contributed by atoms with van der Waals surface area (Å²) in [7, 11) is 1.88. The van der Waals surface area contributed by atoms with Crippen molar-refractivity contribution in [3.63, 3.8) is 0 Å². The minimum atomic E-state index is -3.00. The second-order valence-electron chi connectivity index (χ2n) is 19.7. The molecule has 1 aliphatic carbocycles. The van der Waals surface area contributed by atoms with E-state index in [2.05, 4.69) is 69.5 Å². The van der Waals surface area contributed by atoms with E-state index < -0.39 is 23.8 Å². The number of piperidine rings is 1. The number of hydrogen-bond acceptors (Lipinski definition) is 10. The van der Waals surface area contributed by atoms with E-state index >= 15 is 8.78 Å². The molecule has 1 unspecified atom stereocenters. The van der Waals surface area contributed by atoms with Crippen molar-refractivity contribution in [2.45, 2.75) is 109 Å². The highest BCUT2D eigenvalue weighted by atomic mass is 19.3. The van der Waals surface area contributed by atoms with Crippen molar-refractivity contribution >= 4 is 41.6 Å². The van der Waals surface area contributed by atoms with Gasteiger partial charge in [0.1, 0.15) is 17.9 Å². The lowest BCUT2D eigenvalue weighted by Gasteiger charge is -2.34. The Balaban J connectivity index is 0.000000985. The molecule has 5 aliphatic heterocycles. The summed E-state index contributed by atoms with van der Waals surface area (Å²) in [5.74, 6) is -2.08. The first-order valence-electron chi connectivity index (χ1n) is 24.9. The molecule has 12 nitrogen and oxygen atoms in total. The van der Waals surface area contributed by atoms with E-state index in [0.717, 1.165) is 93.5 Å². The zero-order valence-corrected chi connectivity index (χ0v) is 40.8. The van der Waals surface area contributed by atoms with Crippen LogP contribution in [0.3, 0.4) is 0 Å². The third kappa shape index (κ3) is 12.1. The molecule has 5 heterocycles. The van der Waals surface area contributed by atoms with Crippen molar-refractivity contribution in [3.8, 4) is 0 Å². The molecule has 70 heavy (non-hydrogen) atoms. The number of azo groups is 1. The largest absolute Gasteiger partial charge is 0.384 e. The molecule has 2 amide bonds. The Hall–Kier alpha value is -6.41. The second-order valence-corrected chi connectivity index (χ2v) is 19.7. The van der Waals surface area contributed by atoms with E-state index in [-0.39, 0.29) is 36.8 Å². The van der Waals surface area contributed by atoms with E-state index in [1.54, 1.807) is 41.9 Å². The van der Waals surface area contributed by atoms with Gasteiger partial charge in [-0.15, -0.1) is 0 Å². The number of carbonyl (C=O) groups excluding carboxylic acids is 4. The fraction of sp³-hybridized carbons (Fsp3) is 0.429. The van der Waals surface area contributed by atoms with Crippen LogP contribution >= 0.6 is 0 Å². The number of alkyl halides is 2. The number of hydrogen-bond donors (Lipinski definition) is 1. The molecule has 1 N–H and O–H groups in total. The molecule has 0 bridgehead atoms. The van der Waals surface area contributed by atoms with Gasteiger partial charge in [-0.05, 0) is 147 Å². The van der Waals surface area contributed by atoms with Gasteiger partial charge in [-0.2, -0.15) is 0 Å². The van der Waals surface area contributed by atoms with Gasteiger partial charge in [-0.1, -0.05) is 68.3 Å². The number of likely N-dealkylation sites (tertiary alicyclic amines) is 1. The fourth-order valence-electron chi connectivity index (χ4n) is 10.1. The summed E-state index contributed by atoms with van der Waals surface area (Å²) in [6.45, 7) is 11.5. The molecule has 3 aromatic rings. The number of amides is 2. The van der Waals surface area contributed by atoms with E-state index in [1.165, 1.54) is 42.9 Å². The van der Waals surface area contributed by atoms with Crippen LogP contribution in [-0.2, 0) is 28.9 Å². The standard InChI is InChI=1S/C53H61F2N5O4.C3H5N3.H2/c1-36(62)16-23-45(35-61)60-51(63)46-14-8-15-48(50(46)52(60)64)56-26-5-4-9-38-17-19-39(20-18-38)21-22-40-24-27-57(28-25-40)32-43-31-47(53(3,54)55)49-34-58(37(2)59(49)33-43)44-13-7-12-42(30-44)29-41-10-6-11-41;1-6-2-4-5-3-6;/h7-8,12-15,17-20,30-31,33-35,40-41,45,56H,2,4-6,9-11,16,21-29,32H2,1,3H3;2-3H,1H3;1H/q;+1;. The van der Waals surface area contributed by atoms with E-state index in [1.807, 2.05) is 35.3 Å². The van der Waals surface area contributed by atoms with Crippen LogP contribution in [0.15, 0.2) is 125 Å². The van der Waals surface area contributed by atoms with Gasteiger partial charge in [-0.3, -0.25) is 19.4 Å². The molecule has 0 aromatic heterocycles. The average Bonchev–Trinajstić information content (AvgIpc) is 4.03. The van der Waals surface area contributed by atoms with Crippen LogP contribution in [0, 0.1) is 18.5 Å². The lowest BCUT2D eigenvalue weighted by molar-refractivity contribution is -0.444. The number of nitrogens with one attached hydrogen (secondary N) is 1. The quantitative estimate of drug-likeness (QED) is 0.0514. The Kier molecular flexibility index (Phi) is 16.1. The van der Waals surface area contributed by atoms with Crippen LogP contribution in [0.1, 0.15) is 117 Å². The summed E-state index contributed by atoms with van der Waals surface area (Å²) < 4.78 is 32.2. The highest BCUT2D eigenvalue weighted by molar-refractivity contribution is 6.24. The highest BCUT2D eigenvalue weighted by Crippen LogP contribution is 2.43. The van der Waals surface area contributed by atoms with Gasteiger partial charge in [0.05, 0.1) is 35.0 Å². The molecule has 1 saturated heterocycles. The zero-order valence-electron chi connectivity index (χ0n) is 40.8. The minimum Gasteiger partial charge on any atom is -0.384 e. The Morgan fingerprint density at radius 1 is 0.929 bits per heavy atom. The minimum absolute atomic E-state index is 0. The molecule has 9 rings (SSSR count). The third-order valence-corrected chi connectivity index (χ3v) is 14.3. The van der Waals surface area contributed by atoms with E-state index in [4.69, 9.17) is 0 Å². The first kappa shape index (κ1) is 50.0. The van der Waals surface area contributed by atoms with Gasteiger partial charge in [0.15, 0.2) is 0 Å². The number of fused-ring (bicyclic) bond motifs is 2. The number of nitrogens with zero attached hydrogens (tertiary/aromatic N) is 7. The molecule has 3 aromatic carbocycles. The number of ketones is 1. The lowest BCUT2D eigenvalue weighted by Crippen LogP contribution is -2.41. The number of halogens is 2. The van der Waals surface area contributed by atoms with E-state index in [0.29, 0.717) is 42.5 Å². The van der Waals surface area contributed by atoms with Crippen molar-refractivity contribution in [2.75, 3.05) is 43.4 Å². The van der Waals surface area contributed by atoms with Crippen molar-refractivity contribution < 1.29 is 34.0 Å². The molecule has 0 spiro atoms. The maximum atomic E-state index is 15.2. The summed E-state index contributed by atoms with van der Waals surface area (Å²) >= 11 is 0. The van der Waals surface area contributed by atoms with Gasteiger partial charge in [-0.25, -0.2) is 13.4 Å². The molecule has 6 aliphatic rings. The molecular formula is C56H68F2N8O4+. The number of aldehydes is 1. The van der Waals surface area contributed by atoms with Crippen LogP contribution in [0.5, 0.6) is 0 Å². The van der Waals surface area contributed by atoms with Crippen LogP contribution in [0.2, 0.25) is 0 Å². The lowest BCUT2D eigenvalue weighted by atomic mass is 9.81. The molecule has 369 valence electrons.